The van der Waals surface area contributed by atoms with Gasteiger partial charge in [-0.15, -0.1) is 0 Å². The van der Waals surface area contributed by atoms with Crippen LogP contribution in [0.4, 0.5) is 0 Å². The number of rotatable bonds is 17. The Kier molecular flexibility index (Phi) is 13.1. The zero-order valence-corrected chi connectivity index (χ0v) is 29.4. The molecule has 44 heavy (non-hydrogen) atoms. The summed E-state index contributed by atoms with van der Waals surface area (Å²) in [6.45, 7) is 15.4. The van der Waals surface area contributed by atoms with Crippen molar-refractivity contribution in [2.24, 2.45) is 58.0 Å². The van der Waals surface area contributed by atoms with Crippen molar-refractivity contribution in [2.45, 2.75) is 143 Å². The zero-order valence-electron chi connectivity index (χ0n) is 28.6. The van der Waals surface area contributed by atoms with Crippen molar-refractivity contribution in [3.63, 3.8) is 0 Å². The first-order chi connectivity index (χ1) is 20.8. The molecule has 11 atom stereocenters. The maximum atomic E-state index is 11.8. The molecule has 4 fully saturated rings. The summed E-state index contributed by atoms with van der Waals surface area (Å²) in [7, 11) is -4.45. The number of aliphatic hydroxyl groups excluding tert-OH is 1. The highest BCUT2D eigenvalue weighted by atomic mass is 32.3. The molecule has 6 N–H and O–H groups in total. The van der Waals surface area contributed by atoms with Gasteiger partial charge >= 0.3 is 10.4 Å². The molecule has 258 valence electrons. The minimum atomic E-state index is -4.45. The van der Waals surface area contributed by atoms with E-state index in [9.17, 15) is 18.1 Å². The zero-order chi connectivity index (χ0) is 32.1. The summed E-state index contributed by atoms with van der Waals surface area (Å²) in [4.78, 5) is 0. The largest absolute Gasteiger partial charge is 0.397 e. The van der Waals surface area contributed by atoms with Crippen LogP contribution in [0.5, 0.6) is 0 Å². The highest BCUT2D eigenvalue weighted by molar-refractivity contribution is 7.80. The van der Waals surface area contributed by atoms with Crippen LogP contribution in [0, 0.1) is 52.3 Å². The first-order valence-electron chi connectivity index (χ1n) is 18.3. The lowest BCUT2D eigenvalue weighted by atomic mass is 9.43. The molecule has 0 radical (unpaired) electrons. The predicted octanol–water partition coefficient (Wildman–Crippen LogP) is 5.94. The van der Waals surface area contributed by atoms with Gasteiger partial charge in [0.15, 0.2) is 0 Å². The Morgan fingerprint density at radius 3 is 2.23 bits per heavy atom. The van der Waals surface area contributed by atoms with Crippen molar-refractivity contribution < 1.29 is 22.3 Å². The average molecular weight is 642 g/mol. The molecule has 0 spiro atoms. The molecule has 0 amide bonds. The Hall–Kier alpha value is -0.290. The number of hydrogen-bond donors (Lipinski definition) is 5. The molecule has 0 saturated heterocycles. The SMILES string of the molecule is CC(CC[C@@H](OS(=O)(=O)O)C(C)C)[C@H]1CCC2C3C(CC[C@@]21C)[C@@]1(C)CC[C@H](NCCCCNCCCCN)CC1C[C@H]3O. The molecule has 8 nitrogen and oxygen atoms in total. The fraction of sp³-hybridized carbons (Fsp3) is 1.00. The third-order valence-corrected chi connectivity index (χ3v) is 13.9. The molecule has 4 aliphatic carbocycles. The van der Waals surface area contributed by atoms with Crippen LogP contribution < -0.4 is 16.4 Å². The van der Waals surface area contributed by atoms with Gasteiger partial charge in [-0.3, -0.25) is 4.55 Å². The van der Waals surface area contributed by atoms with Gasteiger partial charge in [0.05, 0.1) is 12.2 Å². The van der Waals surface area contributed by atoms with Gasteiger partial charge in [-0.2, -0.15) is 8.42 Å². The van der Waals surface area contributed by atoms with E-state index in [1.165, 1.54) is 64.2 Å². The lowest BCUT2D eigenvalue weighted by Crippen LogP contribution is -2.59. The smallest absolute Gasteiger partial charge is 0.393 e. The van der Waals surface area contributed by atoms with E-state index in [1.54, 1.807) is 0 Å². The predicted molar refractivity (Wildman–Crippen MR) is 178 cm³/mol. The minimum Gasteiger partial charge on any atom is -0.393 e. The third kappa shape index (κ3) is 8.59. The minimum absolute atomic E-state index is 0.0155. The van der Waals surface area contributed by atoms with E-state index >= 15 is 0 Å². The molecular formula is C35H67N3O5S. The lowest BCUT2D eigenvalue weighted by molar-refractivity contribution is -0.167. The Morgan fingerprint density at radius 2 is 1.55 bits per heavy atom. The van der Waals surface area contributed by atoms with Crippen LogP contribution in [-0.2, 0) is 14.6 Å². The number of unbranched alkanes of at least 4 members (excludes halogenated alkanes) is 2. The van der Waals surface area contributed by atoms with E-state index in [4.69, 9.17) is 9.92 Å². The van der Waals surface area contributed by atoms with Crippen molar-refractivity contribution in [1.82, 2.24) is 10.6 Å². The standard InChI is InChI=1S/C35H67N3O5S/c1-24(2)32(43-44(40,41)42)13-10-25(3)28-11-12-29-33-30(15-17-35(28,29)5)34(4)16-14-27(22-26(34)23-31(33)39)38-21-9-8-20-37-19-7-6-18-36/h24-33,37-39H,6-23,36H2,1-5H3,(H,40,41,42)/t25?,26?,27-,28+,29?,30?,31+,32+,33?,34-,35+/m0/s1. The second-order valence-electron chi connectivity index (χ2n) is 16.3. The van der Waals surface area contributed by atoms with E-state index in [-0.39, 0.29) is 17.4 Å². The van der Waals surface area contributed by atoms with E-state index in [2.05, 4.69) is 31.4 Å². The second-order valence-corrected chi connectivity index (χ2v) is 17.3. The molecule has 0 aromatic rings. The van der Waals surface area contributed by atoms with Gasteiger partial charge in [0.1, 0.15) is 0 Å². The molecule has 9 heteroatoms. The van der Waals surface area contributed by atoms with Gasteiger partial charge in [0.25, 0.3) is 0 Å². The molecule has 0 aromatic heterocycles. The van der Waals surface area contributed by atoms with Crippen LogP contribution in [0.15, 0.2) is 0 Å². The fourth-order valence-corrected chi connectivity index (χ4v) is 11.5. The van der Waals surface area contributed by atoms with Crippen LogP contribution in [0.1, 0.15) is 125 Å². The molecule has 4 rings (SSSR count). The van der Waals surface area contributed by atoms with Gasteiger partial charge in [0.2, 0.25) is 0 Å². The van der Waals surface area contributed by atoms with Crippen molar-refractivity contribution in [2.75, 3.05) is 26.2 Å². The summed E-state index contributed by atoms with van der Waals surface area (Å²) in [5.41, 5.74) is 6.13. The summed E-state index contributed by atoms with van der Waals surface area (Å²) >= 11 is 0. The molecular weight excluding hydrogens is 574 g/mol. The van der Waals surface area contributed by atoms with E-state index in [0.29, 0.717) is 53.4 Å². The summed E-state index contributed by atoms with van der Waals surface area (Å²) in [5.74, 6) is 3.23. The average Bonchev–Trinajstić information content (AvgIpc) is 3.31. The van der Waals surface area contributed by atoms with Crippen molar-refractivity contribution in [3.05, 3.63) is 0 Å². The summed E-state index contributed by atoms with van der Waals surface area (Å²) in [5, 5.41) is 19.2. The number of aliphatic hydroxyl groups is 1. The fourth-order valence-electron chi connectivity index (χ4n) is 10.9. The molecule has 0 heterocycles. The Bertz CT molecular complexity index is 997. The van der Waals surface area contributed by atoms with Crippen molar-refractivity contribution in [1.29, 1.82) is 0 Å². The van der Waals surface area contributed by atoms with Crippen LogP contribution in [0.25, 0.3) is 0 Å². The van der Waals surface area contributed by atoms with Crippen LogP contribution in [0.2, 0.25) is 0 Å². The Balaban J connectivity index is 1.29. The molecule has 0 aromatic carbocycles. The molecule has 4 aliphatic rings. The molecule has 4 saturated carbocycles. The topological polar surface area (TPSA) is 134 Å². The Morgan fingerprint density at radius 1 is 0.886 bits per heavy atom. The van der Waals surface area contributed by atoms with Gasteiger partial charge in [0, 0.05) is 6.04 Å². The van der Waals surface area contributed by atoms with Gasteiger partial charge in [-0.1, -0.05) is 34.6 Å². The first kappa shape index (κ1) is 36.5. The highest BCUT2D eigenvalue weighted by Gasteiger charge is 2.62. The normalized spacial score (nSPS) is 38.6. The summed E-state index contributed by atoms with van der Waals surface area (Å²) in [6, 6.07) is 0.583. The molecule has 0 bridgehead atoms. The lowest BCUT2D eigenvalue weighted by Gasteiger charge is -2.62. The van der Waals surface area contributed by atoms with Crippen LogP contribution >= 0.6 is 0 Å². The summed E-state index contributed by atoms with van der Waals surface area (Å²) < 4.78 is 37.1. The van der Waals surface area contributed by atoms with Crippen molar-refractivity contribution in [3.8, 4) is 0 Å². The third-order valence-electron chi connectivity index (χ3n) is 13.4. The van der Waals surface area contributed by atoms with Crippen LogP contribution in [0.3, 0.4) is 0 Å². The van der Waals surface area contributed by atoms with Crippen LogP contribution in [-0.4, -0.2) is 62.5 Å². The first-order valence-corrected chi connectivity index (χ1v) is 19.6. The Labute approximate surface area is 269 Å². The summed E-state index contributed by atoms with van der Waals surface area (Å²) in [6.07, 6.45) is 15.1. The monoisotopic (exact) mass is 641 g/mol. The van der Waals surface area contributed by atoms with Crippen molar-refractivity contribution >= 4 is 10.4 Å². The maximum Gasteiger partial charge on any atom is 0.397 e. The number of hydrogen-bond acceptors (Lipinski definition) is 7. The van der Waals surface area contributed by atoms with Gasteiger partial charge < -0.3 is 21.5 Å². The number of fused-ring (bicyclic) bond motifs is 5. The van der Waals surface area contributed by atoms with E-state index in [1.807, 2.05) is 13.8 Å². The van der Waals surface area contributed by atoms with E-state index in [0.717, 1.165) is 45.4 Å². The van der Waals surface area contributed by atoms with E-state index < -0.39 is 16.5 Å². The molecule has 0 aliphatic heterocycles. The maximum absolute atomic E-state index is 11.8. The van der Waals surface area contributed by atoms with Gasteiger partial charge in [-0.05, 0) is 168 Å². The quantitative estimate of drug-likeness (QED) is 0.0973. The number of nitrogens with two attached hydrogens (primary N) is 1. The van der Waals surface area contributed by atoms with Gasteiger partial charge in [-0.25, -0.2) is 4.18 Å². The highest BCUT2D eigenvalue weighted by Crippen LogP contribution is 2.68. The second kappa shape index (κ2) is 15.7. The number of nitrogens with one attached hydrogen (secondary N) is 2. The molecule has 5 unspecified atom stereocenters.